The fourth-order valence-electron chi connectivity index (χ4n) is 3.38. The molecule has 4 rings (SSSR count). The Hall–Kier alpha value is -2.64. The highest BCUT2D eigenvalue weighted by molar-refractivity contribution is 7.89. The van der Waals surface area contributed by atoms with E-state index in [1.54, 1.807) is 18.6 Å². The molecule has 10 heteroatoms. The molecular formula is C15H15N7O2S. The number of hydrogen-bond donors (Lipinski definition) is 1. The van der Waals surface area contributed by atoms with Gasteiger partial charge in [-0.25, -0.2) is 22.7 Å². The molecule has 1 saturated heterocycles. The SMILES string of the molecule is N#CCS(=O)(=O)N1CCCC(c2[nH]cnc3nnc4nccc4c23)C1. The molecule has 0 radical (unpaired) electrons. The number of hydrogen-bond acceptors (Lipinski definition) is 7. The average Bonchev–Trinajstić information content (AvgIpc) is 3.10. The highest BCUT2D eigenvalue weighted by Gasteiger charge is 2.31. The molecule has 1 aliphatic heterocycles. The quantitative estimate of drug-likeness (QED) is 0.738. The molecule has 0 aliphatic carbocycles. The van der Waals surface area contributed by atoms with Gasteiger partial charge in [0.05, 0.1) is 17.8 Å². The fourth-order valence-corrected chi connectivity index (χ4v) is 4.54. The third-order valence-electron chi connectivity index (χ3n) is 4.52. The lowest BCUT2D eigenvalue weighted by Crippen LogP contribution is -2.40. The predicted octanol–water partition coefficient (Wildman–Crippen LogP) is 0.934. The minimum absolute atomic E-state index is 0.0324. The van der Waals surface area contributed by atoms with E-state index in [0.29, 0.717) is 24.4 Å². The summed E-state index contributed by atoms with van der Waals surface area (Å²) in [6.45, 7) is 0.772. The molecule has 128 valence electrons. The Bertz CT molecular complexity index is 1090. The molecule has 0 aromatic carbocycles. The van der Waals surface area contributed by atoms with Gasteiger partial charge in [-0.1, -0.05) is 0 Å². The normalized spacial score (nSPS) is 19.2. The number of nitrogens with one attached hydrogen (secondary N) is 1. The molecule has 3 aromatic rings. The van der Waals surface area contributed by atoms with Crippen molar-refractivity contribution in [3.63, 3.8) is 0 Å². The maximum Gasteiger partial charge on any atom is 0.227 e. The largest absolute Gasteiger partial charge is 0.349 e. The van der Waals surface area contributed by atoms with Crippen molar-refractivity contribution in [1.29, 1.82) is 5.26 Å². The second-order valence-electron chi connectivity index (χ2n) is 6.01. The maximum atomic E-state index is 12.2. The monoisotopic (exact) mass is 357 g/mol. The number of H-pyrrole nitrogens is 1. The van der Waals surface area contributed by atoms with Crippen molar-refractivity contribution in [1.82, 2.24) is 29.5 Å². The lowest BCUT2D eigenvalue weighted by atomic mass is 9.93. The lowest BCUT2D eigenvalue weighted by molar-refractivity contribution is 0.314. The van der Waals surface area contributed by atoms with Crippen LogP contribution in [0, 0.1) is 11.3 Å². The highest BCUT2D eigenvalue weighted by atomic mass is 32.2. The first-order valence-corrected chi connectivity index (χ1v) is 9.50. The molecule has 1 atom stereocenters. The third-order valence-corrected chi connectivity index (χ3v) is 6.13. The average molecular weight is 357 g/mol. The Labute approximate surface area is 143 Å². The summed E-state index contributed by atoms with van der Waals surface area (Å²) in [6.07, 6.45) is 4.79. The molecule has 1 unspecified atom stereocenters. The predicted molar refractivity (Wildman–Crippen MR) is 89.9 cm³/mol. The van der Waals surface area contributed by atoms with Crippen LogP contribution in [-0.4, -0.2) is 56.7 Å². The van der Waals surface area contributed by atoms with Gasteiger partial charge in [-0.15, -0.1) is 10.2 Å². The van der Waals surface area contributed by atoms with Gasteiger partial charge >= 0.3 is 0 Å². The standard InChI is InChI=1S/C15H15N7O2S/c16-4-7-25(23,24)22-6-1-2-10(8-22)13-12-11-3-5-17-14(11)20-21-15(12)19-9-18-13/h3,5,9-10H,1-2,6-8H2,(H,18,19,21). The smallest absolute Gasteiger partial charge is 0.227 e. The Kier molecular flexibility index (Phi) is 3.82. The highest BCUT2D eigenvalue weighted by Crippen LogP contribution is 2.33. The van der Waals surface area contributed by atoms with Crippen molar-refractivity contribution in [2.75, 3.05) is 18.8 Å². The van der Waals surface area contributed by atoms with Gasteiger partial charge in [0, 0.05) is 36.3 Å². The van der Waals surface area contributed by atoms with E-state index in [-0.39, 0.29) is 5.92 Å². The Morgan fingerprint density at radius 3 is 3.00 bits per heavy atom. The van der Waals surface area contributed by atoms with Gasteiger partial charge in [0.2, 0.25) is 10.0 Å². The first-order chi connectivity index (χ1) is 12.1. The van der Waals surface area contributed by atoms with Crippen molar-refractivity contribution in [2.45, 2.75) is 18.8 Å². The van der Waals surface area contributed by atoms with Crippen LogP contribution in [0.25, 0.3) is 22.1 Å². The van der Waals surface area contributed by atoms with Crippen molar-refractivity contribution >= 4 is 32.1 Å². The van der Waals surface area contributed by atoms with Gasteiger partial charge in [-0.2, -0.15) is 5.26 Å². The van der Waals surface area contributed by atoms with Gasteiger partial charge < -0.3 is 4.98 Å². The molecule has 9 nitrogen and oxygen atoms in total. The summed E-state index contributed by atoms with van der Waals surface area (Å²) in [7, 11) is -3.56. The van der Waals surface area contributed by atoms with Crippen molar-refractivity contribution in [3.05, 3.63) is 24.3 Å². The second kappa shape index (κ2) is 6.02. The molecule has 1 fully saturated rings. The minimum Gasteiger partial charge on any atom is -0.349 e. The van der Waals surface area contributed by atoms with Crippen LogP contribution < -0.4 is 0 Å². The molecule has 4 heterocycles. The summed E-state index contributed by atoms with van der Waals surface area (Å²) in [4.78, 5) is 11.6. The molecule has 0 bridgehead atoms. The summed E-state index contributed by atoms with van der Waals surface area (Å²) in [6, 6.07) is 3.60. The van der Waals surface area contributed by atoms with Crippen LogP contribution in [-0.2, 0) is 10.0 Å². The zero-order chi connectivity index (χ0) is 17.4. The topological polar surface area (TPSA) is 129 Å². The van der Waals surface area contributed by atoms with E-state index >= 15 is 0 Å². The molecule has 0 saturated carbocycles. The van der Waals surface area contributed by atoms with Crippen LogP contribution in [0.1, 0.15) is 24.5 Å². The van der Waals surface area contributed by atoms with E-state index < -0.39 is 15.8 Å². The van der Waals surface area contributed by atoms with Crippen molar-refractivity contribution in [2.24, 2.45) is 0 Å². The van der Waals surface area contributed by atoms with Crippen LogP contribution in [0.5, 0.6) is 0 Å². The van der Waals surface area contributed by atoms with E-state index in [9.17, 15) is 8.42 Å². The zero-order valence-corrected chi connectivity index (χ0v) is 14.1. The molecule has 25 heavy (non-hydrogen) atoms. The van der Waals surface area contributed by atoms with E-state index in [1.807, 2.05) is 6.07 Å². The molecule has 1 N–H and O–H groups in total. The number of fused-ring (bicyclic) bond motifs is 3. The van der Waals surface area contributed by atoms with Crippen LogP contribution in [0.4, 0.5) is 0 Å². The van der Waals surface area contributed by atoms with E-state index in [0.717, 1.165) is 29.3 Å². The van der Waals surface area contributed by atoms with Gasteiger partial charge in [-0.3, -0.25) is 0 Å². The van der Waals surface area contributed by atoms with Gasteiger partial charge in [-0.05, 0) is 18.9 Å². The number of nitriles is 1. The van der Waals surface area contributed by atoms with Gasteiger partial charge in [0.15, 0.2) is 17.0 Å². The number of rotatable bonds is 3. The molecule has 3 aromatic heterocycles. The van der Waals surface area contributed by atoms with Crippen molar-refractivity contribution < 1.29 is 8.42 Å². The first-order valence-electron chi connectivity index (χ1n) is 7.89. The summed E-state index contributed by atoms with van der Waals surface area (Å²) in [5.74, 6) is -0.529. The third kappa shape index (κ3) is 2.71. The number of aromatic amines is 1. The summed E-state index contributed by atoms with van der Waals surface area (Å²) in [5, 5.41) is 18.6. The van der Waals surface area contributed by atoms with E-state index in [1.165, 1.54) is 4.31 Å². The van der Waals surface area contributed by atoms with E-state index in [4.69, 9.17) is 5.26 Å². The first kappa shape index (κ1) is 15.9. The van der Waals surface area contributed by atoms with Gasteiger partial charge in [0.1, 0.15) is 0 Å². The van der Waals surface area contributed by atoms with Gasteiger partial charge in [0.25, 0.3) is 0 Å². The number of piperidine rings is 1. The summed E-state index contributed by atoms with van der Waals surface area (Å²) < 4.78 is 25.9. The molecule has 1 aliphatic rings. The second-order valence-corrected chi connectivity index (χ2v) is 7.98. The Morgan fingerprint density at radius 1 is 1.32 bits per heavy atom. The Morgan fingerprint density at radius 2 is 2.16 bits per heavy atom. The number of aromatic nitrogens is 5. The van der Waals surface area contributed by atoms with E-state index in [2.05, 4.69) is 25.1 Å². The minimum atomic E-state index is -3.56. The molecule has 0 amide bonds. The Balaban J connectivity index is 1.79. The van der Waals surface area contributed by atoms with Crippen molar-refractivity contribution in [3.8, 4) is 6.07 Å². The molecular weight excluding hydrogens is 342 g/mol. The summed E-state index contributed by atoms with van der Waals surface area (Å²) >= 11 is 0. The maximum absolute atomic E-state index is 12.2. The van der Waals surface area contributed by atoms with Crippen LogP contribution >= 0.6 is 0 Å². The zero-order valence-electron chi connectivity index (χ0n) is 13.3. The number of nitrogens with zero attached hydrogens (tertiary/aromatic N) is 6. The summed E-state index contributed by atoms with van der Waals surface area (Å²) in [5.41, 5.74) is 1.93. The van der Waals surface area contributed by atoms with Crippen LogP contribution in [0.15, 0.2) is 18.6 Å². The lowest BCUT2D eigenvalue weighted by Gasteiger charge is -2.31. The fraction of sp³-hybridized carbons (Fsp3) is 0.400. The number of sulfonamides is 1. The van der Waals surface area contributed by atoms with Crippen LogP contribution in [0.2, 0.25) is 0 Å². The molecule has 0 spiro atoms. The van der Waals surface area contributed by atoms with Crippen LogP contribution in [0.3, 0.4) is 0 Å².